The summed E-state index contributed by atoms with van der Waals surface area (Å²) in [5.41, 5.74) is 7.20. The van der Waals surface area contributed by atoms with Crippen molar-refractivity contribution in [1.29, 1.82) is 0 Å². The Kier molecular flexibility index (Phi) is 11.4. The zero-order valence-corrected chi connectivity index (χ0v) is 24.4. The molecular formula is C30H35N5O7S. The Bertz CT molecular complexity index is 1600. The lowest BCUT2D eigenvalue weighted by atomic mass is 10.0. The van der Waals surface area contributed by atoms with Crippen LogP contribution in [0.2, 0.25) is 0 Å². The minimum Gasteiger partial charge on any atom is -0.478 e. The van der Waals surface area contributed by atoms with E-state index in [2.05, 4.69) is 9.82 Å². The molecule has 1 saturated carbocycles. The number of carboxylic acid groups (broad SMARTS) is 2. The van der Waals surface area contributed by atoms with Crippen molar-refractivity contribution >= 4 is 44.5 Å². The minimum atomic E-state index is -3.95. The molecule has 1 fully saturated rings. The number of amides is 1. The topological polar surface area (TPSA) is 205 Å². The number of hydrogen-bond acceptors (Lipinski definition) is 7. The average Bonchev–Trinajstić information content (AvgIpc) is 3.54. The van der Waals surface area contributed by atoms with Gasteiger partial charge in [0.05, 0.1) is 4.90 Å². The first-order valence-corrected chi connectivity index (χ1v) is 14.9. The van der Waals surface area contributed by atoms with E-state index in [1.165, 1.54) is 0 Å². The van der Waals surface area contributed by atoms with Crippen molar-refractivity contribution in [2.24, 2.45) is 16.7 Å². The van der Waals surface area contributed by atoms with E-state index in [0.717, 1.165) is 42.0 Å². The highest BCUT2D eigenvalue weighted by atomic mass is 32.2. The Morgan fingerprint density at radius 1 is 0.977 bits per heavy atom. The predicted molar refractivity (Wildman–Crippen MR) is 163 cm³/mol. The van der Waals surface area contributed by atoms with E-state index in [1.807, 2.05) is 24.3 Å². The summed E-state index contributed by atoms with van der Waals surface area (Å²) in [5, 5.41) is 20.9. The molecule has 43 heavy (non-hydrogen) atoms. The quantitative estimate of drug-likeness (QED) is 0.0751. The van der Waals surface area contributed by atoms with Crippen LogP contribution in [0, 0.1) is 0 Å². The number of hydrogen-bond donors (Lipinski definition) is 5. The zero-order valence-electron chi connectivity index (χ0n) is 23.6. The van der Waals surface area contributed by atoms with Gasteiger partial charge in [0.25, 0.3) is 0 Å². The monoisotopic (exact) mass is 609 g/mol. The van der Waals surface area contributed by atoms with Gasteiger partial charge >= 0.3 is 11.9 Å². The fourth-order valence-electron chi connectivity index (χ4n) is 4.75. The third-order valence-electron chi connectivity index (χ3n) is 7.04. The lowest BCUT2D eigenvalue weighted by molar-refractivity contribution is -0.134. The number of likely N-dealkylation sites (N-methyl/N-ethyl adjacent to an activating group) is 1. The molecule has 0 saturated heterocycles. The van der Waals surface area contributed by atoms with Gasteiger partial charge in [-0.25, -0.2) is 18.0 Å². The number of fused-ring (bicyclic) bond motifs is 1. The van der Waals surface area contributed by atoms with Crippen LogP contribution in [-0.2, 0) is 30.8 Å². The first-order valence-electron chi connectivity index (χ1n) is 13.5. The van der Waals surface area contributed by atoms with E-state index >= 15 is 0 Å². The second kappa shape index (κ2) is 14.9. The van der Waals surface area contributed by atoms with E-state index in [0.29, 0.717) is 17.7 Å². The first kappa shape index (κ1) is 32.8. The standard InChI is InChI=1S/C26H31N5O3S.C4H4O4/c1-31(22-8-4-5-9-22)26(32)24(16-18-10-12-20(13-11-18)25(27)29-28)30-35(33,34)23-15-14-19-6-2-3-7-21(19)17-23;5-3(6)1-2-4(7)8/h2-3,6-7,10-15,17,22,24,30H,4-5,8-9,16,28H2,1H3,(H2,27,29);1-2H,(H,5,6)(H,7,8)/b;2-1-/t24-;/m0./s1. The van der Waals surface area contributed by atoms with Crippen molar-refractivity contribution in [3.63, 3.8) is 0 Å². The van der Waals surface area contributed by atoms with Crippen molar-refractivity contribution in [3.8, 4) is 0 Å². The van der Waals surface area contributed by atoms with Gasteiger partial charge in [-0.05, 0) is 47.7 Å². The largest absolute Gasteiger partial charge is 0.478 e. The Labute approximate surface area is 249 Å². The normalized spacial score (nSPS) is 14.7. The number of carbonyl (C=O) groups is 3. The summed E-state index contributed by atoms with van der Waals surface area (Å²) in [6.45, 7) is 0. The number of nitrogens with two attached hydrogens (primary N) is 2. The highest BCUT2D eigenvalue weighted by Crippen LogP contribution is 2.24. The highest BCUT2D eigenvalue weighted by molar-refractivity contribution is 7.89. The number of rotatable bonds is 10. The van der Waals surface area contributed by atoms with Crippen LogP contribution in [0.4, 0.5) is 0 Å². The molecule has 12 nitrogen and oxygen atoms in total. The first-order chi connectivity index (χ1) is 20.4. The van der Waals surface area contributed by atoms with Crippen LogP contribution >= 0.6 is 0 Å². The molecule has 1 atom stereocenters. The number of nitrogens with one attached hydrogen (secondary N) is 1. The van der Waals surface area contributed by atoms with Gasteiger partial charge in [0.15, 0.2) is 0 Å². The highest BCUT2D eigenvalue weighted by Gasteiger charge is 2.32. The maximum Gasteiger partial charge on any atom is 0.328 e. The molecule has 7 N–H and O–H groups in total. The third-order valence-corrected chi connectivity index (χ3v) is 8.51. The van der Waals surface area contributed by atoms with Crippen LogP contribution < -0.4 is 16.3 Å². The van der Waals surface area contributed by atoms with Gasteiger partial charge in [0.2, 0.25) is 15.9 Å². The van der Waals surface area contributed by atoms with Gasteiger partial charge in [0, 0.05) is 30.8 Å². The molecule has 1 amide bonds. The fourth-order valence-corrected chi connectivity index (χ4v) is 5.98. The molecule has 3 aromatic carbocycles. The van der Waals surface area contributed by atoms with Gasteiger partial charge < -0.3 is 26.7 Å². The number of nitrogens with zero attached hydrogens (tertiary/aromatic N) is 2. The van der Waals surface area contributed by atoms with Crippen LogP contribution in [0.5, 0.6) is 0 Å². The summed E-state index contributed by atoms with van der Waals surface area (Å²) in [4.78, 5) is 34.5. The number of sulfonamides is 1. The SMILES string of the molecule is CN(C(=O)[C@H](Cc1ccc(/C(N)=N/N)cc1)NS(=O)(=O)c1ccc2ccccc2c1)C1CCCC1.O=C(O)/C=C\C(=O)O. The van der Waals surface area contributed by atoms with Crippen molar-refractivity contribution < 1.29 is 33.0 Å². The van der Waals surface area contributed by atoms with E-state index in [4.69, 9.17) is 21.8 Å². The second-order valence-electron chi connectivity index (χ2n) is 10.00. The summed E-state index contributed by atoms with van der Waals surface area (Å²) in [6, 6.07) is 18.8. The molecule has 0 bridgehead atoms. The molecule has 0 spiro atoms. The number of carbonyl (C=O) groups excluding carboxylic acids is 1. The van der Waals surface area contributed by atoms with Crippen LogP contribution in [0.1, 0.15) is 36.8 Å². The summed E-state index contributed by atoms with van der Waals surface area (Å²) >= 11 is 0. The molecule has 0 aromatic heterocycles. The smallest absolute Gasteiger partial charge is 0.328 e. The number of amidine groups is 1. The molecule has 0 aliphatic heterocycles. The fraction of sp³-hybridized carbons (Fsp3) is 0.267. The maximum absolute atomic E-state index is 13.5. The second-order valence-corrected chi connectivity index (χ2v) is 11.7. The molecule has 1 aliphatic carbocycles. The van der Waals surface area contributed by atoms with E-state index in [1.54, 1.807) is 54.4 Å². The number of aliphatic carboxylic acids is 2. The van der Waals surface area contributed by atoms with E-state index < -0.39 is 28.0 Å². The lowest BCUT2D eigenvalue weighted by Gasteiger charge is -2.29. The van der Waals surface area contributed by atoms with Gasteiger partial charge in [0.1, 0.15) is 11.9 Å². The Hall–Kier alpha value is -4.75. The molecule has 1 aliphatic rings. The molecule has 228 valence electrons. The maximum atomic E-state index is 13.5. The number of hydrazone groups is 1. The van der Waals surface area contributed by atoms with Crippen LogP contribution in [0.25, 0.3) is 10.8 Å². The van der Waals surface area contributed by atoms with Crippen LogP contribution in [0.3, 0.4) is 0 Å². The summed E-state index contributed by atoms with van der Waals surface area (Å²) in [5.74, 6) is 2.69. The average molecular weight is 610 g/mol. The van der Waals surface area contributed by atoms with Crippen molar-refractivity contribution in [2.45, 2.75) is 49.1 Å². The van der Waals surface area contributed by atoms with Gasteiger partial charge in [-0.3, -0.25) is 4.79 Å². The Morgan fingerprint density at radius 3 is 2.12 bits per heavy atom. The lowest BCUT2D eigenvalue weighted by Crippen LogP contribution is -2.50. The van der Waals surface area contributed by atoms with Crippen LogP contribution in [-0.4, -0.2) is 66.3 Å². The zero-order chi connectivity index (χ0) is 31.6. The van der Waals surface area contributed by atoms with Crippen LogP contribution in [0.15, 0.2) is 88.9 Å². The van der Waals surface area contributed by atoms with Gasteiger partial charge in [-0.1, -0.05) is 67.4 Å². The Morgan fingerprint density at radius 2 is 1.56 bits per heavy atom. The van der Waals surface area contributed by atoms with Crippen molar-refractivity contribution in [1.82, 2.24) is 9.62 Å². The summed E-state index contributed by atoms with van der Waals surface area (Å²) in [7, 11) is -2.19. The number of benzene rings is 3. The molecule has 13 heteroatoms. The van der Waals surface area contributed by atoms with E-state index in [-0.39, 0.29) is 29.1 Å². The third kappa shape index (κ3) is 9.38. The Balaban J connectivity index is 0.000000557. The van der Waals surface area contributed by atoms with Gasteiger partial charge in [-0.15, -0.1) is 0 Å². The molecule has 0 heterocycles. The van der Waals surface area contributed by atoms with Gasteiger partial charge in [-0.2, -0.15) is 9.82 Å². The minimum absolute atomic E-state index is 0.123. The number of carboxylic acids is 2. The molecule has 0 unspecified atom stereocenters. The molecular weight excluding hydrogens is 574 g/mol. The summed E-state index contributed by atoms with van der Waals surface area (Å²) < 4.78 is 29.4. The molecule has 3 aromatic rings. The van der Waals surface area contributed by atoms with Crippen molar-refractivity contribution in [3.05, 3.63) is 90.0 Å². The summed E-state index contributed by atoms with van der Waals surface area (Å²) in [6.07, 6.45) is 5.31. The predicted octanol–water partition coefficient (Wildman–Crippen LogP) is 2.42. The van der Waals surface area contributed by atoms with Crippen molar-refractivity contribution in [2.75, 3.05) is 7.05 Å². The molecule has 4 rings (SSSR count). The molecule has 0 radical (unpaired) electrons. The van der Waals surface area contributed by atoms with E-state index in [9.17, 15) is 22.8 Å².